The van der Waals surface area contributed by atoms with Crippen LogP contribution in [-0.2, 0) is 4.79 Å². The summed E-state index contributed by atoms with van der Waals surface area (Å²) in [6.45, 7) is 3.73. The van der Waals surface area contributed by atoms with Crippen LogP contribution in [0.2, 0.25) is 0 Å². The number of nitrogens with zero attached hydrogens (tertiary/aromatic N) is 2. The van der Waals surface area contributed by atoms with Gasteiger partial charge < -0.3 is 15.5 Å². The molecule has 2 atom stereocenters. The lowest BCUT2D eigenvalue weighted by Crippen LogP contribution is -2.50. The zero-order chi connectivity index (χ0) is 10.8. The van der Waals surface area contributed by atoms with E-state index in [1.165, 1.54) is 0 Å². The summed E-state index contributed by atoms with van der Waals surface area (Å²) in [4.78, 5) is 16.4. The van der Waals surface area contributed by atoms with Gasteiger partial charge in [-0.3, -0.25) is 4.79 Å². The molecule has 2 N–H and O–H groups in total. The molecular weight excluding hydrogens is 226 g/mol. The minimum Gasteiger partial charge on any atom is -0.340 e. The first kappa shape index (κ1) is 13.7. The average molecular weight is 248 g/mol. The molecule has 1 saturated heterocycles. The molecule has 1 saturated carbocycles. The molecule has 2 rings (SSSR count). The van der Waals surface area contributed by atoms with Crippen molar-refractivity contribution < 1.29 is 4.79 Å². The van der Waals surface area contributed by atoms with Gasteiger partial charge in [-0.25, -0.2) is 0 Å². The van der Waals surface area contributed by atoms with Gasteiger partial charge in [-0.2, -0.15) is 0 Å². The van der Waals surface area contributed by atoms with E-state index < -0.39 is 0 Å². The topological polar surface area (TPSA) is 49.6 Å². The van der Waals surface area contributed by atoms with Gasteiger partial charge in [0.05, 0.1) is 5.92 Å². The number of carbonyl (C=O) groups excluding carboxylic acids is 1. The predicted octanol–water partition coefficient (Wildman–Crippen LogP) is 0.310. The summed E-state index contributed by atoms with van der Waals surface area (Å²) in [5.41, 5.74) is 5.96. The van der Waals surface area contributed by atoms with E-state index in [4.69, 9.17) is 5.73 Å². The molecule has 94 valence electrons. The summed E-state index contributed by atoms with van der Waals surface area (Å²) in [5.74, 6) is 0.404. The molecule has 2 fully saturated rings. The molecule has 5 heteroatoms. The second-order valence-corrected chi connectivity index (χ2v) is 4.83. The average Bonchev–Trinajstić information content (AvgIpc) is 2.65. The Labute approximate surface area is 104 Å². The Balaban J connectivity index is 0.00000128. The summed E-state index contributed by atoms with van der Waals surface area (Å²) in [6.07, 6.45) is 3.13. The highest BCUT2D eigenvalue weighted by Gasteiger charge is 2.33. The monoisotopic (exact) mass is 247 g/mol. The molecule has 4 nitrogen and oxygen atoms in total. The van der Waals surface area contributed by atoms with Crippen LogP contribution >= 0.6 is 12.4 Å². The van der Waals surface area contributed by atoms with Crippen molar-refractivity contribution in [1.29, 1.82) is 0 Å². The molecule has 1 aliphatic heterocycles. The smallest absolute Gasteiger partial charge is 0.227 e. The number of piperazine rings is 1. The van der Waals surface area contributed by atoms with E-state index in [1.807, 2.05) is 4.90 Å². The first-order valence-corrected chi connectivity index (χ1v) is 5.91. The van der Waals surface area contributed by atoms with Crippen molar-refractivity contribution in [3.63, 3.8) is 0 Å². The summed E-state index contributed by atoms with van der Waals surface area (Å²) < 4.78 is 0. The number of nitrogens with two attached hydrogens (primary N) is 1. The maximum Gasteiger partial charge on any atom is 0.227 e. The van der Waals surface area contributed by atoms with E-state index in [9.17, 15) is 4.79 Å². The molecule has 0 aromatic rings. The van der Waals surface area contributed by atoms with Gasteiger partial charge in [-0.05, 0) is 19.9 Å². The van der Waals surface area contributed by atoms with Crippen LogP contribution in [0.25, 0.3) is 0 Å². The number of likely N-dealkylation sites (N-methyl/N-ethyl adjacent to an activating group) is 1. The van der Waals surface area contributed by atoms with Crippen molar-refractivity contribution in [1.82, 2.24) is 9.80 Å². The van der Waals surface area contributed by atoms with Crippen LogP contribution in [-0.4, -0.2) is 55.0 Å². The van der Waals surface area contributed by atoms with Crippen LogP contribution in [0.3, 0.4) is 0 Å². The third-order valence-corrected chi connectivity index (χ3v) is 3.70. The zero-order valence-corrected chi connectivity index (χ0v) is 10.7. The van der Waals surface area contributed by atoms with Gasteiger partial charge in [0.1, 0.15) is 0 Å². The molecule has 1 amide bonds. The fourth-order valence-corrected chi connectivity index (χ4v) is 2.56. The number of rotatable bonds is 1. The summed E-state index contributed by atoms with van der Waals surface area (Å²) in [5, 5.41) is 0. The van der Waals surface area contributed by atoms with E-state index in [0.717, 1.165) is 45.4 Å². The molecule has 2 unspecified atom stereocenters. The quantitative estimate of drug-likeness (QED) is 0.726. The van der Waals surface area contributed by atoms with Gasteiger partial charge in [-0.15, -0.1) is 12.4 Å². The van der Waals surface area contributed by atoms with Crippen LogP contribution in [0.4, 0.5) is 0 Å². The third-order valence-electron chi connectivity index (χ3n) is 3.70. The highest BCUT2D eigenvalue weighted by Crippen LogP contribution is 2.26. The van der Waals surface area contributed by atoms with E-state index >= 15 is 0 Å². The second kappa shape index (κ2) is 5.84. The molecule has 1 heterocycles. The molecule has 1 aliphatic carbocycles. The molecule has 0 radical (unpaired) electrons. The second-order valence-electron chi connectivity index (χ2n) is 4.83. The molecule has 2 aliphatic rings. The lowest BCUT2D eigenvalue weighted by molar-refractivity contribution is -0.137. The van der Waals surface area contributed by atoms with Crippen molar-refractivity contribution in [2.24, 2.45) is 11.7 Å². The van der Waals surface area contributed by atoms with Gasteiger partial charge in [0.15, 0.2) is 0 Å². The minimum absolute atomic E-state index is 0. The lowest BCUT2D eigenvalue weighted by Gasteiger charge is -2.34. The highest BCUT2D eigenvalue weighted by atomic mass is 35.5. The van der Waals surface area contributed by atoms with Gasteiger partial charge in [0.25, 0.3) is 0 Å². The maximum atomic E-state index is 12.1. The maximum absolute atomic E-state index is 12.1. The number of carbonyl (C=O) groups is 1. The van der Waals surface area contributed by atoms with E-state index in [0.29, 0.717) is 5.91 Å². The first-order chi connectivity index (χ1) is 7.18. The molecule has 0 aromatic carbocycles. The summed E-state index contributed by atoms with van der Waals surface area (Å²) in [6, 6.07) is 0.108. The molecule has 0 spiro atoms. The Kier molecular flexibility index (Phi) is 5.02. The van der Waals surface area contributed by atoms with Crippen molar-refractivity contribution in [2.45, 2.75) is 25.3 Å². The minimum atomic E-state index is 0. The predicted molar refractivity (Wildman–Crippen MR) is 66.6 cm³/mol. The van der Waals surface area contributed by atoms with Gasteiger partial charge in [0.2, 0.25) is 5.91 Å². The van der Waals surface area contributed by atoms with Gasteiger partial charge in [0, 0.05) is 32.2 Å². The number of halogens is 1. The van der Waals surface area contributed by atoms with Crippen molar-refractivity contribution in [3.8, 4) is 0 Å². The van der Waals surface area contributed by atoms with E-state index in [2.05, 4.69) is 11.9 Å². The third kappa shape index (κ3) is 2.87. The fourth-order valence-electron chi connectivity index (χ4n) is 2.56. The van der Waals surface area contributed by atoms with Gasteiger partial charge in [-0.1, -0.05) is 6.42 Å². The van der Waals surface area contributed by atoms with Crippen LogP contribution in [0.5, 0.6) is 0 Å². The van der Waals surface area contributed by atoms with Crippen LogP contribution in [0.15, 0.2) is 0 Å². The summed E-state index contributed by atoms with van der Waals surface area (Å²) in [7, 11) is 2.10. The number of hydrogen-bond donors (Lipinski definition) is 1. The SMILES string of the molecule is CN1CCN(C(=O)C2CCCC2N)CC1.Cl. The zero-order valence-electron chi connectivity index (χ0n) is 9.89. The first-order valence-electron chi connectivity index (χ1n) is 5.91. The van der Waals surface area contributed by atoms with Crippen LogP contribution in [0, 0.1) is 5.92 Å². The summed E-state index contributed by atoms with van der Waals surface area (Å²) >= 11 is 0. The Morgan fingerprint density at radius 2 is 1.81 bits per heavy atom. The normalized spacial score (nSPS) is 31.2. The number of hydrogen-bond acceptors (Lipinski definition) is 3. The Morgan fingerprint density at radius 1 is 1.19 bits per heavy atom. The lowest BCUT2D eigenvalue weighted by atomic mass is 10.0. The largest absolute Gasteiger partial charge is 0.340 e. The molecule has 0 bridgehead atoms. The van der Waals surface area contributed by atoms with Crippen molar-refractivity contribution in [2.75, 3.05) is 33.2 Å². The Morgan fingerprint density at radius 3 is 2.31 bits per heavy atom. The fraction of sp³-hybridized carbons (Fsp3) is 0.909. The Bertz CT molecular complexity index is 241. The van der Waals surface area contributed by atoms with Gasteiger partial charge >= 0.3 is 0 Å². The highest BCUT2D eigenvalue weighted by molar-refractivity contribution is 5.85. The van der Waals surface area contributed by atoms with Crippen LogP contribution in [0.1, 0.15) is 19.3 Å². The standard InChI is InChI=1S/C11H21N3O.ClH/c1-13-5-7-14(8-6-13)11(15)9-3-2-4-10(9)12;/h9-10H,2-8,12H2,1H3;1H. The molecule has 16 heavy (non-hydrogen) atoms. The Hall–Kier alpha value is -0.320. The van der Waals surface area contributed by atoms with E-state index in [-0.39, 0.29) is 24.4 Å². The van der Waals surface area contributed by atoms with E-state index in [1.54, 1.807) is 0 Å². The molecular formula is C11H22ClN3O. The van der Waals surface area contributed by atoms with Crippen molar-refractivity contribution >= 4 is 18.3 Å². The molecule has 0 aromatic heterocycles. The van der Waals surface area contributed by atoms with Crippen LogP contribution < -0.4 is 5.73 Å². The number of amides is 1. The van der Waals surface area contributed by atoms with Crippen molar-refractivity contribution in [3.05, 3.63) is 0 Å².